The molecule has 2 rings (SSSR count). The van der Waals surface area contributed by atoms with Gasteiger partial charge in [-0.2, -0.15) is 0 Å². The van der Waals surface area contributed by atoms with Crippen LogP contribution in [0.5, 0.6) is 0 Å². The summed E-state index contributed by atoms with van der Waals surface area (Å²) in [6, 6.07) is 0. The molecule has 0 aliphatic heterocycles. The van der Waals surface area contributed by atoms with E-state index in [4.69, 9.17) is 6.64 Å². The van der Waals surface area contributed by atoms with Crippen LogP contribution in [0.1, 0.15) is 26.7 Å². The summed E-state index contributed by atoms with van der Waals surface area (Å²) in [5, 5.41) is 0. The molecule has 2 aliphatic carbocycles. The second-order valence-corrected chi connectivity index (χ2v) is 10.2. The number of hydrogen-bond donors (Lipinski definition) is 0. The molecule has 0 spiro atoms. The van der Waals surface area contributed by atoms with Gasteiger partial charge in [0, 0.05) is 0 Å². The average Bonchev–Trinajstić information content (AvgIpc) is 3.19. The summed E-state index contributed by atoms with van der Waals surface area (Å²) in [5.74, 6) is -1.06. The molecule has 0 aromatic carbocycles. The van der Waals surface area contributed by atoms with Crippen molar-refractivity contribution in [2.24, 2.45) is 0 Å². The fourth-order valence-corrected chi connectivity index (χ4v) is 7.39. The second-order valence-electron chi connectivity index (χ2n) is 5.60. The monoisotopic (exact) mass is 348 g/mol. The van der Waals surface area contributed by atoms with Crippen molar-refractivity contribution in [2.45, 2.75) is 26.7 Å². The van der Waals surface area contributed by atoms with Gasteiger partial charge in [-0.15, -0.1) is 0 Å². The van der Waals surface area contributed by atoms with Crippen molar-refractivity contribution < 1.29 is 33.6 Å². The van der Waals surface area contributed by atoms with Crippen molar-refractivity contribution in [2.75, 3.05) is 0 Å². The summed E-state index contributed by atoms with van der Waals surface area (Å²) in [6.45, 7) is 10.4. The normalized spacial score (nSPS) is 15.9. The minimum atomic E-state index is -4.05. The Morgan fingerprint density at radius 2 is 1.30 bits per heavy atom. The Kier molecular flexibility index (Phi) is 5.40. The van der Waals surface area contributed by atoms with E-state index in [0.29, 0.717) is 12.8 Å². The molecule has 0 unspecified atom stereocenters. The summed E-state index contributed by atoms with van der Waals surface area (Å²) >= 11 is -4.05. The van der Waals surface area contributed by atoms with Crippen LogP contribution < -0.4 is 0 Å². The van der Waals surface area contributed by atoms with Crippen molar-refractivity contribution in [1.82, 2.24) is 0 Å². The van der Waals surface area contributed by atoms with E-state index in [1.165, 1.54) is 0 Å². The fourth-order valence-electron chi connectivity index (χ4n) is 2.31. The van der Waals surface area contributed by atoms with E-state index in [1.54, 1.807) is 13.8 Å². The molecule has 0 radical (unpaired) electrons. The first-order valence-corrected chi connectivity index (χ1v) is 10.2. The Morgan fingerprint density at radius 3 is 1.57 bits per heavy atom. The van der Waals surface area contributed by atoms with Gasteiger partial charge in [-0.1, -0.05) is 0 Å². The van der Waals surface area contributed by atoms with Crippen molar-refractivity contribution in [3.05, 3.63) is 68.5 Å². The van der Waals surface area contributed by atoms with E-state index >= 15 is 0 Å². The molecule has 0 heterocycles. The van der Waals surface area contributed by atoms with Crippen LogP contribution >= 0.6 is 0 Å². The molecule has 2 aliphatic rings. The van der Waals surface area contributed by atoms with Gasteiger partial charge < -0.3 is 0 Å². The maximum atomic E-state index is 12.2. The zero-order valence-corrected chi connectivity index (χ0v) is 15.0. The van der Waals surface area contributed by atoms with Crippen LogP contribution in [-0.4, -0.2) is 11.9 Å². The van der Waals surface area contributed by atoms with Crippen LogP contribution in [-0.2, 0) is 33.6 Å². The number of rotatable bonds is 6. The van der Waals surface area contributed by atoms with E-state index in [0.717, 1.165) is 7.76 Å². The quantitative estimate of drug-likeness (QED) is 0.540. The molecule has 4 nitrogen and oxygen atoms in total. The summed E-state index contributed by atoms with van der Waals surface area (Å²) < 4.78 is 13.4. The molecule has 0 aromatic rings. The second kappa shape index (κ2) is 7.11. The number of carbonyl (C=O) groups is 2. The SMILES string of the molecule is C=C(C)C(=O)[O][Ti]([O]C(=O)C(=C)C)([C]1=CC=CC1)[C]1=CC=CC1. The van der Waals surface area contributed by atoms with Crippen molar-refractivity contribution in [3.8, 4) is 0 Å². The van der Waals surface area contributed by atoms with Gasteiger partial charge in [0.25, 0.3) is 0 Å². The van der Waals surface area contributed by atoms with E-state index in [1.807, 2.05) is 36.5 Å². The topological polar surface area (TPSA) is 52.6 Å². The van der Waals surface area contributed by atoms with Gasteiger partial charge in [-0.3, -0.25) is 0 Å². The third-order valence-corrected chi connectivity index (χ3v) is 8.83. The van der Waals surface area contributed by atoms with E-state index in [2.05, 4.69) is 13.2 Å². The van der Waals surface area contributed by atoms with Gasteiger partial charge in [0.2, 0.25) is 0 Å². The van der Waals surface area contributed by atoms with Crippen LogP contribution in [0.2, 0.25) is 0 Å². The Balaban J connectivity index is 2.48. The molecule has 23 heavy (non-hydrogen) atoms. The first-order chi connectivity index (χ1) is 10.9. The predicted molar refractivity (Wildman–Crippen MR) is 85.5 cm³/mol. The zero-order valence-electron chi connectivity index (χ0n) is 13.4. The Hall–Kier alpha value is -1.91. The molecule has 120 valence electrons. The van der Waals surface area contributed by atoms with Crippen molar-refractivity contribution in [3.63, 3.8) is 0 Å². The van der Waals surface area contributed by atoms with Crippen LogP contribution in [0, 0.1) is 0 Å². The number of hydrogen-bond acceptors (Lipinski definition) is 4. The summed E-state index contributed by atoms with van der Waals surface area (Å²) in [6.07, 6.45) is 12.7. The first-order valence-electron chi connectivity index (χ1n) is 7.37. The Bertz CT molecular complexity index is 632. The van der Waals surface area contributed by atoms with E-state index in [-0.39, 0.29) is 11.1 Å². The number of carbonyl (C=O) groups excluding carboxylic acids is 2. The first kappa shape index (κ1) is 17.4. The van der Waals surface area contributed by atoms with E-state index < -0.39 is 29.3 Å². The number of allylic oxidation sites excluding steroid dienone is 8. The Morgan fingerprint density at radius 1 is 0.913 bits per heavy atom. The van der Waals surface area contributed by atoms with Gasteiger partial charge >= 0.3 is 141 Å². The van der Waals surface area contributed by atoms with Gasteiger partial charge in [0.1, 0.15) is 0 Å². The standard InChI is InChI=1S/2C5H5.2C4H6O2.Ti/c2*1-2-4-5-3-1;2*1-3(2)4(5)6;/h2*1-3H,4H2;2*1H2,2H3,(H,5,6);/q;;;;+2/p-2. The molecule has 0 amide bonds. The zero-order chi connectivity index (χ0) is 17.0. The summed E-state index contributed by atoms with van der Waals surface area (Å²) in [7, 11) is 0. The average molecular weight is 348 g/mol. The van der Waals surface area contributed by atoms with E-state index in [9.17, 15) is 9.59 Å². The molecule has 0 saturated heterocycles. The van der Waals surface area contributed by atoms with Crippen molar-refractivity contribution in [1.29, 1.82) is 0 Å². The van der Waals surface area contributed by atoms with Gasteiger partial charge in [0.05, 0.1) is 0 Å². The summed E-state index contributed by atoms with van der Waals surface area (Å²) in [5.41, 5.74) is 0.564. The van der Waals surface area contributed by atoms with Crippen LogP contribution in [0.4, 0.5) is 0 Å². The third-order valence-electron chi connectivity index (χ3n) is 3.56. The molecule has 0 saturated carbocycles. The molecule has 0 bridgehead atoms. The van der Waals surface area contributed by atoms with Gasteiger partial charge in [-0.25, -0.2) is 0 Å². The molecule has 0 fully saturated rings. The molecule has 5 heteroatoms. The van der Waals surface area contributed by atoms with Crippen molar-refractivity contribution >= 4 is 11.9 Å². The minimum absolute atomic E-state index is 0.282. The fraction of sp³-hybridized carbons (Fsp3) is 0.222. The maximum absolute atomic E-state index is 12.2. The third kappa shape index (κ3) is 3.71. The molecule has 0 aromatic heterocycles. The van der Waals surface area contributed by atoms with Crippen LogP contribution in [0.3, 0.4) is 0 Å². The molecular formula is C18H20O4Ti. The predicted octanol–water partition coefficient (Wildman–Crippen LogP) is 3.90. The van der Waals surface area contributed by atoms with Crippen LogP contribution in [0.25, 0.3) is 0 Å². The van der Waals surface area contributed by atoms with Gasteiger partial charge in [0.15, 0.2) is 0 Å². The molecular weight excluding hydrogens is 328 g/mol. The summed E-state index contributed by atoms with van der Waals surface area (Å²) in [4.78, 5) is 24.5. The Labute approximate surface area is 140 Å². The molecule has 0 atom stereocenters. The van der Waals surface area contributed by atoms with Gasteiger partial charge in [-0.05, 0) is 0 Å². The van der Waals surface area contributed by atoms with Crippen LogP contribution in [0.15, 0.2) is 68.5 Å². The molecule has 0 N–H and O–H groups in total.